The number of carbonyl (C=O) groups excluding carboxylic acids is 1. The van der Waals surface area contributed by atoms with Crippen molar-refractivity contribution in [1.82, 2.24) is 24.3 Å². The van der Waals surface area contributed by atoms with Crippen molar-refractivity contribution in [3.63, 3.8) is 0 Å². The van der Waals surface area contributed by atoms with Gasteiger partial charge in [0.25, 0.3) is 5.91 Å². The smallest absolute Gasteiger partial charge is 0.254 e. The third kappa shape index (κ3) is 5.98. The summed E-state index contributed by atoms with van der Waals surface area (Å²) in [4.78, 5) is 26.0. The number of pyridine rings is 1. The van der Waals surface area contributed by atoms with E-state index in [2.05, 4.69) is 37.6 Å². The molecule has 4 aromatic rings. The van der Waals surface area contributed by atoms with Crippen molar-refractivity contribution in [1.29, 1.82) is 0 Å². The number of fused-ring (bicyclic) bond motifs is 1. The number of aromatic nitrogens is 3. The van der Waals surface area contributed by atoms with Crippen LogP contribution in [0.4, 0.5) is 0 Å². The number of phenolic OH excluding ortho intramolecular Hbond substituents is 1. The van der Waals surface area contributed by atoms with Gasteiger partial charge in [0.15, 0.2) is 0 Å². The number of imidazole rings is 1. The van der Waals surface area contributed by atoms with Crippen LogP contribution < -0.4 is 0 Å². The van der Waals surface area contributed by atoms with Crippen LogP contribution >= 0.6 is 0 Å². The third-order valence-corrected chi connectivity index (χ3v) is 6.66. The van der Waals surface area contributed by atoms with Gasteiger partial charge in [0.05, 0.1) is 12.0 Å². The molecule has 0 saturated carbocycles. The van der Waals surface area contributed by atoms with Gasteiger partial charge in [-0.3, -0.25) is 14.7 Å². The van der Waals surface area contributed by atoms with Crippen LogP contribution in [0.1, 0.15) is 39.2 Å². The molecule has 0 radical (unpaired) electrons. The molecule has 36 heavy (non-hydrogen) atoms. The van der Waals surface area contributed by atoms with Gasteiger partial charge in [-0.25, -0.2) is 4.98 Å². The summed E-state index contributed by atoms with van der Waals surface area (Å²) in [5.74, 6) is 0.272. The lowest BCUT2D eigenvalue weighted by Gasteiger charge is -2.29. The summed E-state index contributed by atoms with van der Waals surface area (Å²) in [6, 6.07) is 19.4. The van der Waals surface area contributed by atoms with Crippen molar-refractivity contribution in [3.8, 4) is 5.75 Å². The molecule has 0 atom stereocenters. The van der Waals surface area contributed by atoms with Gasteiger partial charge in [-0.15, -0.1) is 0 Å². The Morgan fingerprint density at radius 3 is 2.67 bits per heavy atom. The molecular formula is C29H31N5O2. The number of aromatic hydroxyl groups is 1. The average Bonchev–Trinajstić information content (AvgIpc) is 3.42. The predicted molar refractivity (Wildman–Crippen MR) is 138 cm³/mol. The molecule has 5 rings (SSSR count). The van der Waals surface area contributed by atoms with E-state index in [-0.39, 0.29) is 11.7 Å². The Labute approximate surface area is 211 Å². The van der Waals surface area contributed by atoms with Gasteiger partial charge in [-0.1, -0.05) is 24.3 Å². The number of phenols is 1. The number of aryl methyl sites for hydroxylation is 1. The van der Waals surface area contributed by atoms with Crippen LogP contribution in [0.15, 0.2) is 85.6 Å². The first-order chi connectivity index (χ1) is 17.6. The van der Waals surface area contributed by atoms with Crippen LogP contribution in [0.25, 0.3) is 0 Å². The van der Waals surface area contributed by atoms with Gasteiger partial charge >= 0.3 is 0 Å². The van der Waals surface area contributed by atoms with E-state index in [0.29, 0.717) is 18.7 Å². The van der Waals surface area contributed by atoms with E-state index in [9.17, 15) is 9.90 Å². The van der Waals surface area contributed by atoms with E-state index in [4.69, 9.17) is 0 Å². The van der Waals surface area contributed by atoms with E-state index in [1.165, 1.54) is 11.1 Å². The molecule has 2 aromatic carbocycles. The zero-order valence-electron chi connectivity index (χ0n) is 20.3. The second-order valence-electron chi connectivity index (χ2n) is 9.31. The number of amides is 1. The van der Waals surface area contributed by atoms with Crippen molar-refractivity contribution in [2.75, 3.05) is 13.1 Å². The topological polar surface area (TPSA) is 74.5 Å². The van der Waals surface area contributed by atoms with Crippen molar-refractivity contribution in [2.45, 2.75) is 39.0 Å². The van der Waals surface area contributed by atoms with Crippen molar-refractivity contribution < 1.29 is 9.90 Å². The summed E-state index contributed by atoms with van der Waals surface area (Å²) in [7, 11) is 0. The zero-order chi connectivity index (χ0) is 24.7. The zero-order valence-corrected chi connectivity index (χ0v) is 20.3. The van der Waals surface area contributed by atoms with Gasteiger partial charge in [0.2, 0.25) is 0 Å². The monoisotopic (exact) mass is 481 g/mol. The quantitative estimate of drug-likeness (QED) is 0.386. The molecule has 1 amide bonds. The maximum atomic E-state index is 13.2. The highest BCUT2D eigenvalue weighted by Gasteiger charge is 2.22. The molecule has 0 unspecified atom stereocenters. The lowest BCUT2D eigenvalue weighted by Crippen LogP contribution is -2.35. The Kier molecular flexibility index (Phi) is 7.38. The lowest BCUT2D eigenvalue weighted by atomic mass is 9.98. The highest BCUT2D eigenvalue weighted by molar-refractivity contribution is 5.94. The van der Waals surface area contributed by atoms with Crippen LogP contribution in [0.3, 0.4) is 0 Å². The largest absolute Gasteiger partial charge is 0.508 e. The third-order valence-electron chi connectivity index (χ3n) is 6.66. The first-order valence-electron chi connectivity index (χ1n) is 12.4. The van der Waals surface area contributed by atoms with Gasteiger partial charge in [-0.2, -0.15) is 0 Å². The molecule has 3 heterocycles. The number of nitrogens with zero attached hydrogens (tertiary/aromatic N) is 5. The number of hydrogen-bond acceptors (Lipinski definition) is 5. The molecule has 0 bridgehead atoms. The summed E-state index contributed by atoms with van der Waals surface area (Å²) in [5.41, 5.74) is 5.13. The molecule has 1 aliphatic rings. The Morgan fingerprint density at radius 2 is 1.89 bits per heavy atom. The highest BCUT2D eigenvalue weighted by Crippen LogP contribution is 2.24. The van der Waals surface area contributed by atoms with E-state index in [1.54, 1.807) is 18.3 Å². The van der Waals surface area contributed by atoms with Gasteiger partial charge in [0.1, 0.15) is 5.75 Å². The van der Waals surface area contributed by atoms with Crippen molar-refractivity contribution in [2.24, 2.45) is 0 Å². The van der Waals surface area contributed by atoms with E-state index >= 15 is 0 Å². The maximum absolute atomic E-state index is 13.2. The summed E-state index contributed by atoms with van der Waals surface area (Å²) >= 11 is 0. The number of rotatable bonds is 9. The molecule has 7 heteroatoms. The summed E-state index contributed by atoms with van der Waals surface area (Å²) in [5, 5.41) is 9.81. The number of benzene rings is 2. The van der Waals surface area contributed by atoms with Crippen LogP contribution in [-0.2, 0) is 32.6 Å². The molecular weight excluding hydrogens is 450 g/mol. The normalized spacial score (nSPS) is 13.1. The van der Waals surface area contributed by atoms with Crippen molar-refractivity contribution in [3.05, 3.63) is 114 Å². The number of hydrogen-bond donors (Lipinski definition) is 1. The fourth-order valence-corrected chi connectivity index (χ4v) is 4.74. The molecule has 184 valence electrons. The molecule has 2 aromatic heterocycles. The summed E-state index contributed by atoms with van der Waals surface area (Å²) < 4.78 is 2.10. The molecule has 0 spiro atoms. The second-order valence-corrected chi connectivity index (χ2v) is 9.31. The fourth-order valence-electron chi connectivity index (χ4n) is 4.74. The number of carbonyl (C=O) groups is 1. The summed E-state index contributed by atoms with van der Waals surface area (Å²) in [6.07, 6.45) is 9.29. The Hall–Kier alpha value is -3.97. The van der Waals surface area contributed by atoms with Crippen molar-refractivity contribution >= 4 is 5.91 Å². The highest BCUT2D eigenvalue weighted by atomic mass is 16.3. The molecule has 7 nitrogen and oxygen atoms in total. The summed E-state index contributed by atoms with van der Waals surface area (Å²) in [6.45, 7) is 4.61. The van der Waals surface area contributed by atoms with Crippen LogP contribution in [0.2, 0.25) is 0 Å². The average molecular weight is 482 g/mol. The van der Waals surface area contributed by atoms with Crippen LogP contribution in [0.5, 0.6) is 5.75 Å². The van der Waals surface area contributed by atoms with Crippen LogP contribution in [0, 0.1) is 0 Å². The molecule has 0 saturated heterocycles. The predicted octanol–water partition coefficient (Wildman–Crippen LogP) is 4.27. The maximum Gasteiger partial charge on any atom is 0.254 e. The van der Waals surface area contributed by atoms with E-state index in [1.807, 2.05) is 54.0 Å². The first kappa shape index (κ1) is 23.8. The van der Waals surface area contributed by atoms with Gasteiger partial charge in [-0.05, 0) is 65.9 Å². The Bertz CT molecular complexity index is 1270. The lowest BCUT2D eigenvalue weighted by molar-refractivity contribution is 0.0734. The minimum absolute atomic E-state index is 0.0289. The molecule has 1 N–H and O–H groups in total. The van der Waals surface area contributed by atoms with E-state index in [0.717, 1.165) is 50.3 Å². The molecule has 1 aliphatic heterocycles. The minimum Gasteiger partial charge on any atom is -0.508 e. The Morgan fingerprint density at radius 1 is 1.00 bits per heavy atom. The fraction of sp³-hybridized carbons (Fsp3) is 0.276. The van der Waals surface area contributed by atoms with Crippen LogP contribution in [-0.4, -0.2) is 48.4 Å². The van der Waals surface area contributed by atoms with Gasteiger partial charge < -0.3 is 14.6 Å². The molecule has 0 aliphatic carbocycles. The second kappa shape index (κ2) is 11.2. The first-order valence-corrected chi connectivity index (χ1v) is 12.4. The van der Waals surface area contributed by atoms with Gasteiger partial charge in [0, 0.05) is 63.4 Å². The van der Waals surface area contributed by atoms with E-state index < -0.39 is 0 Å². The SMILES string of the molecule is O=C(c1ccc(CN(CCCn2ccnc2)Cc2ccccn2)cc1)N1CCc2ccc(O)cc2C1. The minimum atomic E-state index is 0.0289. The standard InChI is InChI=1S/C29H31N5O2/c35-28-10-9-24-11-16-34(20-26(24)18-28)29(36)25-7-5-23(6-8-25)19-33(21-27-4-1-2-12-31-27)15-3-14-32-17-13-30-22-32/h1-2,4-10,12-13,17-18,22,35H,3,11,14-16,19-21H2. The Balaban J connectivity index is 1.22. The molecule has 0 fully saturated rings.